The van der Waals surface area contributed by atoms with Crippen LogP contribution < -0.4 is 5.32 Å². The summed E-state index contributed by atoms with van der Waals surface area (Å²) in [5.74, 6) is 1.94. The molecule has 2 fully saturated rings. The number of carbonyl (C=O) groups is 1. The molecule has 1 N–H and O–H groups in total. The van der Waals surface area contributed by atoms with Gasteiger partial charge in [-0.05, 0) is 43.9 Å². The van der Waals surface area contributed by atoms with E-state index in [2.05, 4.69) is 37.9 Å². The van der Waals surface area contributed by atoms with Crippen molar-refractivity contribution in [1.29, 1.82) is 0 Å². The molecule has 2 aliphatic rings. The summed E-state index contributed by atoms with van der Waals surface area (Å²) in [6, 6.07) is 0.551. The van der Waals surface area contributed by atoms with Gasteiger partial charge in [0.05, 0.1) is 12.2 Å². The van der Waals surface area contributed by atoms with Crippen molar-refractivity contribution in [3.05, 3.63) is 0 Å². The first-order valence-corrected chi connectivity index (χ1v) is 9.16. The fourth-order valence-electron chi connectivity index (χ4n) is 4.03. The third-order valence-electron chi connectivity index (χ3n) is 5.65. The SMILES string of the molecule is CCCCC1NC(CCC)N(C2CCC(C)C(C)C2)C1=O. The molecule has 1 heterocycles. The molecule has 0 aromatic rings. The van der Waals surface area contributed by atoms with E-state index in [9.17, 15) is 4.79 Å². The van der Waals surface area contributed by atoms with Crippen LogP contribution in [0.5, 0.6) is 0 Å². The van der Waals surface area contributed by atoms with Crippen LogP contribution in [0.4, 0.5) is 0 Å². The zero-order chi connectivity index (χ0) is 15.4. The van der Waals surface area contributed by atoms with Gasteiger partial charge in [0, 0.05) is 6.04 Å². The number of nitrogens with zero attached hydrogens (tertiary/aromatic N) is 1. The summed E-state index contributed by atoms with van der Waals surface area (Å²) in [6.07, 6.45) is 9.49. The van der Waals surface area contributed by atoms with E-state index in [1.54, 1.807) is 0 Å². The van der Waals surface area contributed by atoms with Gasteiger partial charge in [-0.15, -0.1) is 0 Å². The summed E-state index contributed by atoms with van der Waals surface area (Å²) in [5.41, 5.74) is 0. The summed E-state index contributed by atoms with van der Waals surface area (Å²) in [5, 5.41) is 3.63. The summed E-state index contributed by atoms with van der Waals surface area (Å²) in [4.78, 5) is 15.1. The third kappa shape index (κ3) is 3.80. The van der Waals surface area contributed by atoms with E-state index in [1.165, 1.54) is 25.7 Å². The van der Waals surface area contributed by atoms with Crippen LogP contribution in [0.2, 0.25) is 0 Å². The Labute approximate surface area is 130 Å². The fraction of sp³-hybridized carbons (Fsp3) is 0.944. The third-order valence-corrected chi connectivity index (χ3v) is 5.65. The average molecular weight is 294 g/mol. The van der Waals surface area contributed by atoms with Crippen molar-refractivity contribution in [2.75, 3.05) is 0 Å². The minimum Gasteiger partial charge on any atom is -0.323 e. The van der Waals surface area contributed by atoms with Crippen LogP contribution >= 0.6 is 0 Å². The molecule has 5 atom stereocenters. The number of rotatable bonds is 6. The van der Waals surface area contributed by atoms with E-state index < -0.39 is 0 Å². The van der Waals surface area contributed by atoms with Gasteiger partial charge in [-0.3, -0.25) is 10.1 Å². The van der Waals surface area contributed by atoms with Gasteiger partial charge in [-0.25, -0.2) is 0 Å². The first-order valence-electron chi connectivity index (χ1n) is 9.16. The predicted octanol–water partition coefficient (Wildman–Crippen LogP) is 3.93. The highest BCUT2D eigenvalue weighted by Gasteiger charge is 2.43. The molecule has 0 aromatic carbocycles. The first-order chi connectivity index (χ1) is 10.1. The molecule has 2 rings (SSSR count). The maximum atomic E-state index is 12.8. The number of unbranched alkanes of at least 4 members (excludes halogenated alkanes) is 1. The van der Waals surface area contributed by atoms with E-state index in [0.29, 0.717) is 11.9 Å². The number of carbonyl (C=O) groups excluding carboxylic acids is 1. The maximum absolute atomic E-state index is 12.8. The van der Waals surface area contributed by atoms with Crippen molar-refractivity contribution in [2.24, 2.45) is 11.8 Å². The lowest BCUT2D eigenvalue weighted by Gasteiger charge is -2.39. The van der Waals surface area contributed by atoms with E-state index >= 15 is 0 Å². The normalized spacial score (nSPS) is 37.2. The van der Waals surface area contributed by atoms with Crippen LogP contribution in [0.1, 0.15) is 79.1 Å². The number of nitrogens with one attached hydrogen (secondary N) is 1. The zero-order valence-corrected chi connectivity index (χ0v) is 14.4. The standard InChI is InChI=1S/C18H34N2O/c1-5-7-9-16-18(21)20(17(19-16)8-6-2)15-11-10-13(3)14(4)12-15/h13-17,19H,5-12H2,1-4H3. The molecule has 1 saturated carbocycles. The van der Waals surface area contributed by atoms with Gasteiger partial charge >= 0.3 is 0 Å². The van der Waals surface area contributed by atoms with Crippen LogP contribution in [0.15, 0.2) is 0 Å². The molecule has 1 aliphatic carbocycles. The Bertz CT molecular complexity index is 344. The van der Waals surface area contributed by atoms with Crippen molar-refractivity contribution < 1.29 is 4.79 Å². The maximum Gasteiger partial charge on any atom is 0.241 e. The second-order valence-electron chi connectivity index (χ2n) is 7.33. The second-order valence-corrected chi connectivity index (χ2v) is 7.33. The Morgan fingerprint density at radius 2 is 1.86 bits per heavy atom. The Morgan fingerprint density at radius 1 is 1.10 bits per heavy atom. The topological polar surface area (TPSA) is 32.3 Å². The average Bonchev–Trinajstić information content (AvgIpc) is 2.76. The van der Waals surface area contributed by atoms with Gasteiger partial charge in [0.1, 0.15) is 0 Å². The van der Waals surface area contributed by atoms with Crippen LogP contribution in [-0.2, 0) is 4.79 Å². The highest BCUT2D eigenvalue weighted by Crippen LogP contribution is 2.35. The minimum absolute atomic E-state index is 0.0798. The minimum atomic E-state index is 0.0798. The molecule has 3 heteroatoms. The largest absolute Gasteiger partial charge is 0.323 e. The molecule has 122 valence electrons. The lowest BCUT2D eigenvalue weighted by Crippen LogP contribution is -2.47. The molecule has 21 heavy (non-hydrogen) atoms. The Kier molecular flexibility index (Phi) is 6.09. The van der Waals surface area contributed by atoms with Gasteiger partial charge in [0.2, 0.25) is 5.91 Å². The molecule has 0 aromatic heterocycles. The summed E-state index contributed by atoms with van der Waals surface area (Å²) in [7, 11) is 0. The van der Waals surface area contributed by atoms with E-state index in [0.717, 1.165) is 37.5 Å². The Morgan fingerprint density at radius 3 is 2.48 bits per heavy atom. The van der Waals surface area contributed by atoms with E-state index in [1.807, 2.05) is 0 Å². The second kappa shape index (κ2) is 7.62. The van der Waals surface area contributed by atoms with E-state index in [4.69, 9.17) is 0 Å². The van der Waals surface area contributed by atoms with Gasteiger partial charge in [-0.2, -0.15) is 0 Å². The fourth-order valence-corrected chi connectivity index (χ4v) is 4.03. The van der Waals surface area contributed by atoms with E-state index in [-0.39, 0.29) is 12.2 Å². The number of hydrogen-bond donors (Lipinski definition) is 1. The lowest BCUT2D eigenvalue weighted by atomic mass is 9.78. The van der Waals surface area contributed by atoms with Crippen LogP contribution in [0.25, 0.3) is 0 Å². The van der Waals surface area contributed by atoms with Crippen LogP contribution in [0.3, 0.4) is 0 Å². The highest BCUT2D eigenvalue weighted by atomic mass is 16.2. The zero-order valence-electron chi connectivity index (χ0n) is 14.4. The van der Waals surface area contributed by atoms with Crippen molar-refractivity contribution in [3.63, 3.8) is 0 Å². The molecule has 1 saturated heterocycles. The summed E-state index contributed by atoms with van der Waals surface area (Å²) >= 11 is 0. The van der Waals surface area contributed by atoms with Gasteiger partial charge in [0.15, 0.2) is 0 Å². The van der Waals surface area contributed by atoms with Crippen LogP contribution in [0, 0.1) is 11.8 Å². The van der Waals surface area contributed by atoms with Crippen LogP contribution in [-0.4, -0.2) is 29.1 Å². The molecule has 1 amide bonds. The first kappa shape index (κ1) is 16.8. The smallest absolute Gasteiger partial charge is 0.241 e. The van der Waals surface area contributed by atoms with Gasteiger partial charge in [0.25, 0.3) is 0 Å². The highest BCUT2D eigenvalue weighted by molar-refractivity contribution is 5.84. The quantitative estimate of drug-likeness (QED) is 0.805. The Hall–Kier alpha value is -0.570. The summed E-state index contributed by atoms with van der Waals surface area (Å²) in [6.45, 7) is 9.13. The van der Waals surface area contributed by atoms with Gasteiger partial charge in [-0.1, -0.05) is 47.0 Å². The molecular formula is C18H34N2O. The van der Waals surface area contributed by atoms with Crippen molar-refractivity contribution in [2.45, 2.75) is 97.3 Å². The van der Waals surface area contributed by atoms with Crippen molar-refractivity contribution in [1.82, 2.24) is 10.2 Å². The molecular weight excluding hydrogens is 260 g/mol. The molecule has 0 radical (unpaired) electrons. The Balaban J connectivity index is 2.05. The van der Waals surface area contributed by atoms with Gasteiger partial charge < -0.3 is 4.90 Å². The number of amides is 1. The molecule has 0 spiro atoms. The molecule has 1 aliphatic heterocycles. The molecule has 5 unspecified atom stereocenters. The monoisotopic (exact) mass is 294 g/mol. The molecule has 3 nitrogen and oxygen atoms in total. The predicted molar refractivity (Wildman–Crippen MR) is 88.0 cm³/mol. The summed E-state index contributed by atoms with van der Waals surface area (Å²) < 4.78 is 0. The van der Waals surface area contributed by atoms with Crippen molar-refractivity contribution >= 4 is 5.91 Å². The lowest BCUT2D eigenvalue weighted by molar-refractivity contribution is -0.133. The molecule has 0 bridgehead atoms. The number of hydrogen-bond acceptors (Lipinski definition) is 2. The van der Waals surface area contributed by atoms with Crippen molar-refractivity contribution in [3.8, 4) is 0 Å².